The van der Waals surface area contributed by atoms with Crippen molar-refractivity contribution in [2.24, 2.45) is 0 Å². The van der Waals surface area contributed by atoms with Gasteiger partial charge < -0.3 is 10.4 Å². The molecule has 0 aliphatic rings. The van der Waals surface area contributed by atoms with Gasteiger partial charge in [0.1, 0.15) is 5.82 Å². The summed E-state index contributed by atoms with van der Waals surface area (Å²) in [5, 5.41) is 12.7. The van der Waals surface area contributed by atoms with Crippen LogP contribution in [-0.2, 0) is 0 Å². The number of hydrogen-bond acceptors (Lipinski definition) is 4. The van der Waals surface area contributed by atoms with E-state index in [9.17, 15) is 4.79 Å². The van der Waals surface area contributed by atoms with Gasteiger partial charge in [-0.25, -0.2) is 14.8 Å². The predicted octanol–water partition coefficient (Wildman–Crippen LogP) is 4.55. The first kappa shape index (κ1) is 16.0. The summed E-state index contributed by atoms with van der Waals surface area (Å²) in [6, 6.07) is 15.6. The van der Waals surface area contributed by atoms with Gasteiger partial charge in [0.15, 0.2) is 5.82 Å². The fraction of sp³-hybridized carbons (Fsp3) is 0.0556. The van der Waals surface area contributed by atoms with Gasteiger partial charge in [0.05, 0.1) is 5.56 Å². The molecule has 0 bridgehead atoms. The molecular weight excluding hydrogens is 326 g/mol. The first-order chi connectivity index (χ1) is 11.5. The van der Waals surface area contributed by atoms with E-state index in [1.165, 1.54) is 12.1 Å². The second-order valence-corrected chi connectivity index (χ2v) is 5.67. The molecule has 0 spiro atoms. The number of anilines is 2. The molecule has 6 heteroatoms. The zero-order valence-electron chi connectivity index (χ0n) is 12.8. The maximum atomic E-state index is 10.9. The molecule has 0 aliphatic heterocycles. The lowest BCUT2D eigenvalue weighted by Gasteiger charge is -2.09. The summed E-state index contributed by atoms with van der Waals surface area (Å²) in [7, 11) is 0. The van der Waals surface area contributed by atoms with E-state index >= 15 is 0 Å². The number of carbonyl (C=O) groups is 1. The van der Waals surface area contributed by atoms with Gasteiger partial charge in [-0.3, -0.25) is 0 Å². The molecule has 1 aromatic heterocycles. The number of carboxylic acids is 1. The van der Waals surface area contributed by atoms with E-state index < -0.39 is 5.97 Å². The van der Waals surface area contributed by atoms with Crippen LogP contribution in [0.5, 0.6) is 0 Å². The van der Waals surface area contributed by atoms with Crippen LogP contribution >= 0.6 is 11.6 Å². The van der Waals surface area contributed by atoms with Crippen molar-refractivity contribution in [3.05, 3.63) is 70.9 Å². The monoisotopic (exact) mass is 339 g/mol. The highest BCUT2D eigenvalue weighted by Gasteiger charge is 2.07. The van der Waals surface area contributed by atoms with E-state index in [0.29, 0.717) is 16.7 Å². The standard InChI is InChI=1S/C18H14ClN3O2/c1-11-9-16(21-15-7-5-12(6-8-15)18(23)24)22-17(20-11)13-3-2-4-14(19)10-13/h2-10H,1H3,(H,23,24)(H,20,21,22). The molecule has 3 aromatic rings. The van der Waals surface area contributed by atoms with Crippen LogP contribution < -0.4 is 5.32 Å². The van der Waals surface area contributed by atoms with Gasteiger partial charge in [-0.15, -0.1) is 0 Å². The number of aromatic nitrogens is 2. The van der Waals surface area contributed by atoms with Gasteiger partial charge in [-0.05, 0) is 43.3 Å². The fourth-order valence-electron chi connectivity index (χ4n) is 2.23. The van der Waals surface area contributed by atoms with Crippen molar-refractivity contribution in [2.75, 3.05) is 5.32 Å². The van der Waals surface area contributed by atoms with Crippen LogP contribution in [0.15, 0.2) is 54.6 Å². The van der Waals surface area contributed by atoms with Crippen molar-refractivity contribution in [3.8, 4) is 11.4 Å². The van der Waals surface area contributed by atoms with Gasteiger partial charge in [0, 0.05) is 28.0 Å². The Balaban J connectivity index is 1.90. The van der Waals surface area contributed by atoms with Gasteiger partial charge in [-0.2, -0.15) is 0 Å². The van der Waals surface area contributed by atoms with Gasteiger partial charge in [0.25, 0.3) is 0 Å². The van der Waals surface area contributed by atoms with Crippen LogP contribution in [0.3, 0.4) is 0 Å². The minimum absolute atomic E-state index is 0.235. The third-order valence-corrected chi connectivity index (χ3v) is 3.58. The molecule has 0 saturated heterocycles. The summed E-state index contributed by atoms with van der Waals surface area (Å²) in [6.45, 7) is 1.88. The van der Waals surface area contributed by atoms with E-state index in [1.807, 2.05) is 31.2 Å². The van der Waals surface area contributed by atoms with E-state index in [2.05, 4.69) is 15.3 Å². The Hall–Kier alpha value is -2.92. The second-order valence-electron chi connectivity index (χ2n) is 5.24. The number of nitrogens with zero attached hydrogens (tertiary/aromatic N) is 2. The molecule has 0 radical (unpaired) electrons. The van der Waals surface area contributed by atoms with Crippen molar-refractivity contribution < 1.29 is 9.90 Å². The largest absolute Gasteiger partial charge is 0.478 e. The highest BCUT2D eigenvalue weighted by atomic mass is 35.5. The Labute approximate surface area is 144 Å². The number of benzene rings is 2. The molecule has 0 saturated carbocycles. The normalized spacial score (nSPS) is 10.4. The molecular formula is C18H14ClN3O2. The zero-order chi connectivity index (χ0) is 17.1. The van der Waals surface area contributed by atoms with Crippen molar-refractivity contribution >= 4 is 29.1 Å². The van der Waals surface area contributed by atoms with Crippen molar-refractivity contribution in [2.45, 2.75) is 6.92 Å². The summed E-state index contributed by atoms with van der Waals surface area (Å²) >= 11 is 6.03. The highest BCUT2D eigenvalue weighted by molar-refractivity contribution is 6.30. The average Bonchev–Trinajstić information content (AvgIpc) is 2.55. The van der Waals surface area contributed by atoms with Gasteiger partial charge in [-0.1, -0.05) is 23.7 Å². The molecule has 3 rings (SSSR count). The van der Waals surface area contributed by atoms with Crippen molar-refractivity contribution in [1.82, 2.24) is 9.97 Å². The van der Waals surface area contributed by atoms with Crippen molar-refractivity contribution in [3.63, 3.8) is 0 Å². The molecule has 24 heavy (non-hydrogen) atoms. The summed E-state index contributed by atoms with van der Waals surface area (Å²) in [6.07, 6.45) is 0. The van der Waals surface area contributed by atoms with Crippen LogP contribution in [0.2, 0.25) is 5.02 Å². The van der Waals surface area contributed by atoms with E-state index in [-0.39, 0.29) is 5.56 Å². The number of hydrogen-bond donors (Lipinski definition) is 2. The maximum Gasteiger partial charge on any atom is 0.335 e. The Morgan fingerprint density at radius 3 is 2.50 bits per heavy atom. The summed E-state index contributed by atoms with van der Waals surface area (Å²) in [5.41, 5.74) is 2.62. The first-order valence-electron chi connectivity index (χ1n) is 7.23. The van der Waals surface area contributed by atoms with Crippen molar-refractivity contribution in [1.29, 1.82) is 0 Å². The van der Waals surface area contributed by atoms with Crippen LogP contribution in [0, 0.1) is 6.92 Å². The molecule has 0 aliphatic carbocycles. The highest BCUT2D eigenvalue weighted by Crippen LogP contribution is 2.23. The number of carboxylic acid groups (broad SMARTS) is 1. The van der Waals surface area contributed by atoms with Crippen LogP contribution in [-0.4, -0.2) is 21.0 Å². The lowest BCUT2D eigenvalue weighted by molar-refractivity contribution is 0.0697. The Morgan fingerprint density at radius 2 is 1.83 bits per heavy atom. The lowest BCUT2D eigenvalue weighted by Crippen LogP contribution is -2.00. The molecule has 5 nitrogen and oxygen atoms in total. The average molecular weight is 340 g/mol. The smallest absolute Gasteiger partial charge is 0.335 e. The van der Waals surface area contributed by atoms with E-state index in [1.54, 1.807) is 18.2 Å². The third-order valence-electron chi connectivity index (χ3n) is 3.34. The Kier molecular flexibility index (Phi) is 4.44. The summed E-state index contributed by atoms with van der Waals surface area (Å²) < 4.78 is 0. The minimum Gasteiger partial charge on any atom is -0.478 e. The molecule has 2 N–H and O–H groups in total. The second kappa shape index (κ2) is 6.68. The molecule has 0 atom stereocenters. The number of nitrogens with one attached hydrogen (secondary N) is 1. The number of halogens is 1. The minimum atomic E-state index is -0.956. The quantitative estimate of drug-likeness (QED) is 0.729. The molecule has 0 amide bonds. The molecule has 120 valence electrons. The topological polar surface area (TPSA) is 75.1 Å². The van der Waals surface area contributed by atoms with Crippen LogP contribution in [0.4, 0.5) is 11.5 Å². The fourth-order valence-corrected chi connectivity index (χ4v) is 2.42. The number of rotatable bonds is 4. The molecule has 0 unspecified atom stereocenters. The lowest BCUT2D eigenvalue weighted by atomic mass is 10.2. The Bertz CT molecular complexity index is 895. The zero-order valence-corrected chi connectivity index (χ0v) is 13.6. The first-order valence-corrected chi connectivity index (χ1v) is 7.61. The molecule has 2 aromatic carbocycles. The molecule has 0 fully saturated rings. The van der Waals surface area contributed by atoms with Crippen LogP contribution in [0.1, 0.15) is 16.1 Å². The number of aromatic carboxylic acids is 1. The Morgan fingerprint density at radius 1 is 1.08 bits per heavy atom. The number of aryl methyl sites for hydroxylation is 1. The maximum absolute atomic E-state index is 10.9. The van der Waals surface area contributed by atoms with E-state index in [0.717, 1.165) is 16.9 Å². The van der Waals surface area contributed by atoms with Gasteiger partial charge in [0.2, 0.25) is 0 Å². The third kappa shape index (κ3) is 3.70. The predicted molar refractivity (Wildman–Crippen MR) is 93.9 cm³/mol. The summed E-state index contributed by atoms with van der Waals surface area (Å²) in [4.78, 5) is 19.8. The SMILES string of the molecule is Cc1cc(Nc2ccc(C(=O)O)cc2)nc(-c2cccc(Cl)c2)n1. The summed E-state index contributed by atoms with van der Waals surface area (Å²) in [5.74, 6) is 0.241. The van der Waals surface area contributed by atoms with Crippen LogP contribution in [0.25, 0.3) is 11.4 Å². The van der Waals surface area contributed by atoms with Gasteiger partial charge >= 0.3 is 5.97 Å². The van der Waals surface area contributed by atoms with E-state index in [4.69, 9.17) is 16.7 Å². The molecule has 1 heterocycles.